The molecule has 1 N–H and O–H groups in total. The maximum Gasteiger partial charge on any atom is 0.251 e. The monoisotopic (exact) mass is 363 g/mol. The highest BCUT2D eigenvalue weighted by Crippen LogP contribution is 2.21. The molecule has 3 rings (SSSR count). The lowest BCUT2D eigenvalue weighted by Crippen LogP contribution is -2.32. The number of nitrogens with zero attached hydrogens (tertiary/aromatic N) is 2. The Labute approximate surface area is 147 Å². The van der Waals surface area contributed by atoms with E-state index in [0.29, 0.717) is 24.3 Å². The van der Waals surface area contributed by atoms with Crippen molar-refractivity contribution in [2.75, 3.05) is 13.1 Å². The van der Waals surface area contributed by atoms with Crippen LogP contribution in [0, 0.1) is 0 Å². The number of benzene rings is 1. The normalized spacial score (nSPS) is 16.3. The SMILES string of the molecule is O=C(NCc1ccon1)c1cccc(S(=O)(=O)N2CCCCCC2)c1. The third-order valence-corrected chi connectivity index (χ3v) is 6.11. The summed E-state index contributed by atoms with van der Waals surface area (Å²) in [4.78, 5) is 12.4. The zero-order valence-electron chi connectivity index (χ0n) is 13.8. The highest BCUT2D eigenvalue weighted by atomic mass is 32.2. The molecule has 0 radical (unpaired) electrons. The molecular formula is C17H21N3O4S. The number of nitrogens with one attached hydrogen (secondary N) is 1. The van der Waals surface area contributed by atoms with Gasteiger partial charge in [-0.05, 0) is 31.0 Å². The molecular weight excluding hydrogens is 342 g/mol. The number of hydrogen-bond donors (Lipinski definition) is 1. The first-order valence-electron chi connectivity index (χ1n) is 8.35. The molecule has 0 bridgehead atoms. The summed E-state index contributed by atoms with van der Waals surface area (Å²) in [7, 11) is -3.57. The minimum Gasteiger partial charge on any atom is -0.364 e. The molecule has 8 heteroatoms. The quantitative estimate of drug-likeness (QED) is 0.879. The van der Waals surface area contributed by atoms with Crippen molar-refractivity contribution in [2.24, 2.45) is 0 Å². The van der Waals surface area contributed by atoms with Gasteiger partial charge in [0.15, 0.2) is 0 Å². The van der Waals surface area contributed by atoms with E-state index in [4.69, 9.17) is 4.52 Å². The van der Waals surface area contributed by atoms with E-state index in [1.54, 1.807) is 18.2 Å². The fraction of sp³-hybridized carbons (Fsp3) is 0.412. The first-order chi connectivity index (χ1) is 12.1. The zero-order chi connectivity index (χ0) is 17.7. The Morgan fingerprint density at radius 1 is 1.16 bits per heavy atom. The molecule has 0 atom stereocenters. The van der Waals surface area contributed by atoms with Crippen molar-refractivity contribution in [1.29, 1.82) is 0 Å². The maximum atomic E-state index is 12.8. The third-order valence-electron chi connectivity index (χ3n) is 4.22. The Bertz CT molecular complexity index is 810. The predicted octanol–water partition coefficient (Wildman–Crippen LogP) is 2.17. The van der Waals surface area contributed by atoms with E-state index >= 15 is 0 Å². The second kappa shape index (κ2) is 7.79. The average molecular weight is 363 g/mol. The van der Waals surface area contributed by atoms with Gasteiger partial charge in [0.2, 0.25) is 10.0 Å². The second-order valence-corrected chi connectivity index (χ2v) is 7.96. The van der Waals surface area contributed by atoms with Crippen molar-refractivity contribution >= 4 is 15.9 Å². The Balaban J connectivity index is 1.74. The number of carbonyl (C=O) groups excluding carboxylic acids is 1. The zero-order valence-corrected chi connectivity index (χ0v) is 14.7. The molecule has 0 saturated carbocycles. The van der Waals surface area contributed by atoms with Gasteiger partial charge in [-0.3, -0.25) is 4.79 Å². The summed E-state index contributed by atoms with van der Waals surface area (Å²) >= 11 is 0. The molecule has 0 spiro atoms. The Morgan fingerprint density at radius 2 is 1.92 bits per heavy atom. The van der Waals surface area contributed by atoms with Crippen molar-refractivity contribution in [3.05, 3.63) is 47.9 Å². The largest absolute Gasteiger partial charge is 0.364 e. The van der Waals surface area contributed by atoms with Crippen LogP contribution in [0.2, 0.25) is 0 Å². The van der Waals surface area contributed by atoms with Crippen molar-refractivity contribution in [3.63, 3.8) is 0 Å². The molecule has 1 amide bonds. The van der Waals surface area contributed by atoms with E-state index in [9.17, 15) is 13.2 Å². The number of sulfonamides is 1. The van der Waals surface area contributed by atoms with Crippen LogP contribution >= 0.6 is 0 Å². The van der Waals surface area contributed by atoms with Crippen molar-refractivity contribution < 1.29 is 17.7 Å². The average Bonchev–Trinajstić information content (AvgIpc) is 2.99. The van der Waals surface area contributed by atoms with Crippen LogP contribution in [0.25, 0.3) is 0 Å². The molecule has 2 aromatic rings. The number of amides is 1. The summed E-state index contributed by atoms with van der Waals surface area (Å²) < 4.78 is 31.9. The molecule has 0 aliphatic carbocycles. The van der Waals surface area contributed by atoms with Gasteiger partial charge in [0, 0.05) is 24.7 Å². The number of hydrogen-bond acceptors (Lipinski definition) is 5. The van der Waals surface area contributed by atoms with Gasteiger partial charge in [0.25, 0.3) is 5.91 Å². The lowest BCUT2D eigenvalue weighted by Gasteiger charge is -2.20. The summed E-state index contributed by atoms with van der Waals surface area (Å²) in [6.45, 7) is 1.29. The van der Waals surface area contributed by atoms with Gasteiger partial charge in [-0.15, -0.1) is 0 Å². The van der Waals surface area contributed by atoms with E-state index < -0.39 is 10.0 Å². The highest BCUT2D eigenvalue weighted by Gasteiger charge is 2.25. The molecule has 0 unspecified atom stereocenters. The van der Waals surface area contributed by atoms with Crippen LogP contribution in [-0.4, -0.2) is 36.9 Å². The summed E-state index contributed by atoms with van der Waals surface area (Å²) in [5, 5.41) is 6.42. The van der Waals surface area contributed by atoms with Crippen molar-refractivity contribution in [2.45, 2.75) is 37.1 Å². The predicted molar refractivity (Wildman–Crippen MR) is 91.3 cm³/mol. The van der Waals surface area contributed by atoms with Crippen LogP contribution in [0.3, 0.4) is 0 Å². The topological polar surface area (TPSA) is 92.5 Å². The van der Waals surface area contributed by atoms with Gasteiger partial charge in [0.1, 0.15) is 12.0 Å². The fourth-order valence-electron chi connectivity index (χ4n) is 2.83. The molecule has 1 aromatic carbocycles. The summed E-state index contributed by atoms with van der Waals surface area (Å²) in [5.74, 6) is -0.351. The van der Waals surface area contributed by atoms with Gasteiger partial charge in [-0.1, -0.05) is 24.1 Å². The van der Waals surface area contributed by atoms with Crippen molar-refractivity contribution in [1.82, 2.24) is 14.8 Å². The van der Waals surface area contributed by atoms with E-state index in [2.05, 4.69) is 10.5 Å². The lowest BCUT2D eigenvalue weighted by molar-refractivity contribution is 0.0950. The minimum absolute atomic E-state index is 0.156. The van der Waals surface area contributed by atoms with E-state index in [0.717, 1.165) is 25.7 Å². The van der Waals surface area contributed by atoms with Gasteiger partial charge >= 0.3 is 0 Å². The molecule has 7 nitrogen and oxygen atoms in total. The molecule has 25 heavy (non-hydrogen) atoms. The van der Waals surface area contributed by atoms with Gasteiger partial charge in [0.05, 0.1) is 11.4 Å². The van der Waals surface area contributed by atoms with E-state index in [1.165, 1.54) is 22.7 Å². The Morgan fingerprint density at radius 3 is 2.60 bits per heavy atom. The van der Waals surface area contributed by atoms with E-state index in [-0.39, 0.29) is 17.3 Å². The standard InChI is InChI=1S/C17H21N3O4S/c21-17(18-13-15-8-11-24-19-15)14-6-5-7-16(12-14)25(22,23)20-9-3-1-2-4-10-20/h5-8,11-12H,1-4,9-10,13H2,(H,18,21). The van der Waals surface area contributed by atoms with Crippen LogP contribution in [0.1, 0.15) is 41.7 Å². The molecule has 134 valence electrons. The molecule has 1 saturated heterocycles. The summed E-state index contributed by atoms with van der Waals surface area (Å²) in [6, 6.07) is 7.81. The Hall–Kier alpha value is -2.19. The molecule has 1 aliphatic rings. The number of carbonyl (C=O) groups is 1. The van der Waals surface area contributed by atoms with Gasteiger partial charge in [-0.2, -0.15) is 4.31 Å². The van der Waals surface area contributed by atoms with Crippen LogP contribution in [-0.2, 0) is 16.6 Å². The van der Waals surface area contributed by atoms with Crippen LogP contribution in [0.15, 0.2) is 46.0 Å². The third kappa shape index (κ3) is 4.26. The minimum atomic E-state index is -3.57. The first-order valence-corrected chi connectivity index (χ1v) is 9.79. The lowest BCUT2D eigenvalue weighted by atomic mass is 10.2. The summed E-state index contributed by atoms with van der Waals surface area (Å²) in [6.07, 6.45) is 5.27. The van der Waals surface area contributed by atoms with E-state index in [1.807, 2.05) is 0 Å². The van der Waals surface area contributed by atoms with Crippen LogP contribution in [0.4, 0.5) is 0 Å². The highest BCUT2D eigenvalue weighted by molar-refractivity contribution is 7.89. The van der Waals surface area contributed by atoms with Crippen LogP contribution < -0.4 is 5.32 Å². The number of rotatable bonds is 5. The number of aromatic nitrogens is 1. The molecule has 1 fully saturated rings. The van der Waals surface area contributed by atoms with Crippen molar-refractivity contribution in [3.8, 4) is 0 Å². The van der Waals surface area contributed by atoms with Crippen LogP contribution in [0.5, 0.6) is 0 Å². The van der Waals surface area contributed by atoms with Gasteiger partial charge < -0.3 is 9.84 Å². The Kier molecular flexibility index (Phi) is 5.50. The smallest absolute Gasteiger partial charge is 0.251 e. The fourth-order valence-corrected chi connectivity index (χ4v) is 4.39. The molecule has 2 heterocycles. The summed E-state index contributed by atoms with van der Waals surface area (Å²) in [5.41, 5.74) is 0.904. The first kappa shape index (κ1) is 17.6. The van der Waals surface area contributed by atoms with Gasteiger partial charge in [-0.25, -0.2) is 8.42 Å². The maximum absolute atomic E-state index is 12.8. The molecule has 1 aliphatic heterocycles. The second-order valence-electron chi connectivity index (χ2n) is 6.02. The molecule has 1 aromatic heterocycles.